The zero-order valence-electron chi connectivity index (χ0n) is 44.4. The normalized spacial score (nSPS) is 21.0. The monoisotopic (exact) mass is 1060 g/mol. The highest BCUT2D eigenvalue weighted by molar-refractivity contribution is 7.13. The molecular weight excluding hydrogens is 994 g/mol. The highest BCUT2D eigenvalue weighted by Gasteiger charge is 2.38. The molecule has 5 unspecified atom stereocenters. The second-order valence-corrected chi connectivity index (χ2v) is 23.1. The van der Waals surface area contributed by atoms with Gasteiger partial charge in [0.1, 0.15) is 41.2 Å². The zero-order valence-corrected chi connectivity index (χ0v) is 45.2. The van der Waals surface area contributed by atoms with Gasteiger partial charge in [-0.25, -0.2) is 9.37 Å². The molecular formula is C59H68FN11O5S. The van der Waals surface area contributed by atoms with E-state index in [0.29, 0.717) is 66.0 Å². The largest absolute Gasteiger partial charge is 0.508 e. The van der Waals surface area contributed by atoms with Crippen LogP contribution in [0.5, 0.6) is 11.8 Å². The smallest absolute Gasteiger partial charge is 0.319 e. The maximum Gasteiger partial charge on any atom is 0.319 e. The third-order valence-corrected chi connectivity index (χ3v) is 18.0. The van der Waals surface area contributed by atoms with Gasteiger partial charge in [0, 0.05) is 68.7 Å². The topological polar surface area (TPSA) is 178 Å². The number of piperidine rings is 1. The van der Waals surface area contributed by atoms with Crippen molar-refractivity contribution in [3.05, 3.63) is 101 Å². The number of likely N-dealkylation sites (tertiary alicyclic amines) is 2. The molecule has 5 fully saturated rings. The maximum atomic E-state index is 17.2. The summed E-state index contributed by atoms with van der Waals surface area (Å²) in [4.78, 5) is 55.8. The number of rotatable bonds is 16. The van der Waals surface area contributed by atoms with Crippen molar-refractivity contribution >= 4 is 56.5 Å². The molecule has 0 spiro atoms. The molecule has 12 rings (SSSR count). The molecule has 18 heteroatoms. The van der Waals surface area contributed by atoms with Crippen LogP contribution < -0.4 is 25.2 Å². The molecule has 2 bridgehead atoms. The molecule has 5 aliphatic rings. The molecule has 5 aliphatic heterocycles. The third kappa shape index (κ3) is 10.4. The lowest BCUT2D eigenvalue weighted by molar-refractivity contribution is -0.138. The number of pyridine rings is 1. The third-order valence-electron chi connectivity index (χ3n) is 17.0. The number of aromatic nitrogens is 5. The number of anilines is 2. The first-order valence-corrected chi connectivity index (χ1v) is 28.6. The number of thiazole rings is 1. The number of aromatic hydroxyl groups is 1. The summed E-state index contributed by atoms with van der Waals surface area (Å²) in [5.74, 6) is 2.31. The highest BCUT2D eigenvalue weighted by Crippen LogP contribution is 2.40. The second-order valence-electron chi connectivity index (χ2n) is 22.3. The van der Waals surface area contributed by atoms with Crippen molar-refractivity contribution in [3.63, 3.8) is 0 Å². The van der Waals surface area contributed by atoms with Crippen molar-refractivity contribution in [1.82, 2.24) is 45.5 Å². The Labute approximate surface area is 452 Å². The van der Waals surface area contributed by atoms with Crippen molar-refractivity contribution in [2.75, 3.05) is 62.2 Å². The molecule has 7 aromatic rings. The van der Waals surface area contributed by atoms with Crippen molar-refractivity contribution in [2.24, 2.45) is 11.8 Å². The van der Waals surface area contributed by atoms with E-state index in [2.05, 4.69) is 61.5 Å². The summed E-state index contributed by atoms with van der Waals surface area (Å²) in [6.45, 7) is 14.4. The molecule has 0 aliphatic carbocycles. The minimum absolute atomic E-state index is 0.0484. The number of hydrogen-bond acceptors (Lipinski definition) is 15. The fourth-order valence-corrected chi connectivity index (χ4v) is 13.6. The van der Waals surface area contributed by atoms with Crippen LogP contribution >= 0.6 is 11.3 Å². The van der Waals surface area contributed by atoms with Crippen LogP contribution in [0.2, 0.25) is 0 Å². The maximum absolute atomic E-state index is 17.2. The van der Waals surface area contributed by atoms with E-state index in [-0.39, 0.29) is 53.3 Å². The van der Waals surface area contributed by atoms with Gasteiger partial charge in [-0.15, -0.1) is 11.3 Å². The average Bonchev–Trinajstić information content (AvgIpc) is 4.29. The van der Waals surface area contributed by atoms with Crippen LogP contribution in [0.3, 0.4) is 0 Å². The SMILES string of the molecule is CCc1cccc2cc(O)cc(-c3ncc4c(N5CC6CCC(C5)N6)nc(OCC(C)N5CCC(CC6CN(c7cc(CC(=O)N8CCCC8C(=O)NC(C)c8ccc(-c9scnc9C)cc8)on7)C6)CC5)nc4c3F)c12. The molecule has 5 saturated heterocycles. The summed E-state index contributed by atoms with van der Waals surface area (Å²) in [6.07, 6.45) is 9.42. The minimum Gasteiger partial charge on any atom is -0.508 e. The van der Waals surface area contributed by atoms with Gasteiger partial charge in [0.05, 0.1) is 33.9 Å². The molecule has 77 heavy (non-hydrogen) atoms. The Bertz CT molecular complexity index is 3290. The number of nitrogens with one attached hydrogen (secondary N) is 2. The van der Waals surface area contributed by atoms with Gasteiger partial charge in [0.15, 0.2) is 11.6 Å². The van der Waals surface area contributed by atoms with Crippen molar-refractivity contribution in [3.8, 4) is 33.5 Å². The summed E-state index contributed by atoms with van der Waals surface area (Å²) < 4.78 is 29.3. The number of carbonyl (C=O) groups excluding carboxylic acids is 2. The number of carbonyl (C=O) groups is 2. The first-order chi connectivity index (χ1) is 37.4. The predicted octanol–water partition coefficient (Wildman–Crippen LogP) is 9.03. The quantitative estimate of drug-likeness (QED) is 0.0835. The second kappa shape index (κ2) is 21.6. The van der Waals surface area contributed by atoms with Crippen LogP contribution in [0, 0.1) is 24.6 Å². The van der Waals surface area contributed by atoms with Gasteiger partial charge in [-0.1, -0.05) is 54.5 Å². The van der Waals surface area contributed by atoms with Gasteiger partial charge in [-0.3, -0.25) is 19.5 Å². The van der Waals surface area contributed by atoms with Crippen LogP contribution in [0.1, 0.15) is 94.3 Å². The van der Waals surface area contributed by atoms with Gasteiger partial charge in [0.25, 0.3) is 0 Å². The van der Waals surface area contributed by atoms with Gasteiger partial charge in [-0.05, 0) is 137 Å². The first-order valence-electron chi connectivity index (χ1n) is 27.7. The number of fused-ring (bicyclic) bond motifs is 4. The summed E-state index contributed by atoms with van der Waals surface area (Å²) in [5.41, 5.74) is 6.84. The fourth-order valence-electron chi connectivity index (χ4n) is 12.8. The van der Waals surface area contributed by atoms with Crippen molar-refractivity contribution in [1.29, 1.82) is 0 Å². The van der Waals surface area contributed by atoms with Gasteiger partial charge in [-0.2, -0.15) is 9.97 Å². The van der Waals surface area contributed by atoms with Crippen LogP contribution in [0.4, 0.5) is 16.0 Å². The number of hydrogen-bond donors (Lipinski definition) is 3. The van der Waals surface area contributed by atoms with Crippen LogP contribution in [-0.2, 0) is 22.4 Å². The molecule has 0 saturated carbocycles. The van der Waals surface area contributed by atoms with E-state index in [0.717, 1.165) is 128 Å². The number of halogens is 1. The van der Waals surface area contributed by atoms with E-state index in [1.807, 2.05) is 55.8 Å². The lowest BCUT2D eigenvalue weighted by atomic mass is 9.83. The Kier molecular flexibility index (Phi) is 14.3. The molecule has 3 N–H and O–H groups in total. The number of aryl methyl sites for hydroxylation is 2. The van der Waals surface area contributed by atoms with E-state index < -0.39 is 11.9 Å². The molecule has 4 aromatic heterocycles. The molecule has 5 atom stereocenters. The van der Waals surface area contributed by atoms with E-state index in [9.17, 15) is 14.7 Å². The fraction of sp³-hybridized carbons (Fsp3) is 0.475. The number of phenols is 1. The highest BCUT2D eigenvalue weighted by atomic mass is 32.1. The molecule has 16 nitrogen and oxygen atoms in total. The molecule has 2 amide bonds. The first kappa shape index (κ1) is 51.0. The summed E-state index contributed by atoms with van der Waals surface area (Å²) in [7, 11) is 0. The van der Waals surface area contributed by atoms with E-state index in [1.165, 1.54) is 0 Å². The minimum atomic E-state index is -0.559. The molecule has 9 heterocycles. The Morgan fingerprint density at radius 3 is 2.48 bits per heavy atom. The van der Waals surface area contributed by atoms with Gasteiger partial charge in [0.2, 0.25) is 11.8 Å². The number of benzene rings is 3. The van der Waals surface area contributed by atoms with Gasteiger partial charge >= 0.3 is 6.01 Å². The molecule has 3 aromatic carbocycles. The summed E-state index contributed by atoms with van der Waals surface area (Å²) in [6, 6.07) is 19.5. The number of piperazine rings is 1. The Morgan fingerprint density at radius 2 is 1.73 bits per heavy atom. The Hall–Kier alpha value is -6.76. The van der Waals surface area contributed by atoms with E-state index >= 15 is 4.39 Å². The lowest BCUT2D eigenvalue weighted by Crippen LogP contribution is -2.51. The van der Waals surface area contributed by atoms with Crippen LogP contribution in [-0.4, -0.2) is 128 Å². The Balaban J connectivity index is 0.627. The van der Waals surface area contributed by atoms with Crippen LogP contribution in [0.25, 0.3) is 43.4 Å². The van der Waals surface area contributed by atoms with Crippen molar-refractivity contribution < 1.29 is 28.3 Å². The summed E-state index contributed by atoms with van der Waals surface area (Å²) >= 11 is 1.62. The predicted molar refractivity (Wildman–Crippen MR) is 297 cm³/mol. The standard InChI is InChI=1S/C59H68FN11O5S/c1-5-39-8-6-9-42-23-45(72)24-47(52(39)42)54-53(60)55-48(27-61-54)57(70-30-43-15-16-44(31-70)64-43)66-59(65-55)75-32-34(2)68-20-17-37(18-21-68)22-38-28-69(29-38)50-25-46(76-67-50)26-51(73)71-19-7-10-49(71)58(74)63-35(3)40-11-13-41(14-12-40)56-36(4)62-33-77-56/h6,8-9,11-14,23-25,27,33-35,37-38,43-44,49,64,72H,5,7,10,15-22,26,28-32H2,1-4H3,(H,63,74). The molecule has 402 valence electrons. The van der Waals surface area contributed by atoms with Crippen molar-refractivity contribution in [2.45, 2.75) is 116 Å². The van der Waals surface area contributed by atoms with E-state index in [4.69, 9.17) is 24.2 Å². The number of phenolic OH excluding ortho intramolecular Hbond substituents is 1. The Morgan fingerprint density at radius 1 is 0.935 bits per heavy atom. The van der Waals surface area contributed by atoms with Crippen LogP contribution in [0.15, 0.2) is 76.9 Å². The zero-order chi connectivity index (χ0) is 52.9. The number of ether oxygens (including phenoxy) is 1. The van der Waals surface area contributed by atoms with E-state index in [1.54, 1.807) is 34.6 Å². The average molecular weight is 1060 g/mol. The summed E-state index contributed by atoms with van der Waals surface area (Å²) in [5, 5.41) is 24.2. The number of amides is 2. The molecule has 0 radical (unpaired) electrons. The lowest BCUT2D eigenvalue weighted by Gasteiger charge is -2.43. The number of nitrogens with zero attached hydrogens (tertiary/aromatic N) is 9. The van der Waals surface area contributed by atoms with Gasteiger partial charge < -0.3 is 39.7 Å².